The molecule has 2 rings (SSSR count). The van der Waals surface area contributed by atoms with Gasteiger partial charge in [-0.2, -0.15) is 0 Å². The van der Waals surface area contributed by atoms with Crippen molar-refractivity contribution in [1.82, 2.24) is 9.97 Å². The Morgan fingerprint density at radius 2 is 1.67 bits per heavy atom. The zero-order chi connectivity index (χ0) is 13.1. The van der Waals surface area contributed by atoms with E-state index in [0.717, 1.165) is 12.1 Å². The molecule has 0 atom stereocenters. The molecule has 0 aliphatic rings. The molecule has 0 aliphatic heterocycles. The highest BCUT2D eigenvalue weighted by Gasteiger charge is 2.06. The smallest absolute Gasteiger partial charge is 0.222 e. The van der Waals surface area contributed by atoms with Gasteiger partial charge in [0, 0.05) is 24.0 Å². The summed E-state index contributed by atoms with van der Waals surface area (Å²) in [6.45, 7) is 3.96. The van der Waals surface area contributed by atoms with Gasteiger partial charge in [-0.15, -0.1) is 0 Å². The maximum absolute atomic E-state index is 13.1. The lowest BCUT2D eigenvalue weighted by Gasteiger charge is -2.08. The van der Waals surface area contributed by atoms with E-state index in [1.54, 1.807) is 12.4 Å². The third kappa shape index (κ3) is 2.80. The fourth-order valence-electron chi connectivity index (χ4n) is 1.49. The Hall–Kier alpha value is -2.04. The minimum atomic E-state index is -0.878. The maximum Gasteiger partial charge on any atom is 0.222 e. The second-order valence-electron chi connectivity index (χ2n) is 4.22. The summed E-state index contributed by atoms with van der Waals surface area (Å²) in [6.07, 6.45) is 3.15. The normalized spacial score (nSPS) is 10.7. The molecular formula is C13H13F2N3. The molecule has 5 heteroatoms. The molecule has 0 fully saturated rings. The standard InChI is InChI=1S/C13H13F2N3/c1-8(2)18-13-16-6-10(7-17-13)9-3-4-11(14)12(15)5-9/h3-8H,1-2H3,(H,16,17,18). The molecule has 0 radical (unpaired) electrons. The first-order valence-electron chi connectivity index (χ1n) is 5.60. The van der Waals surface area contributed by atoms with Crippen molar-refractivity contribution < 1.29 is 8.78 Å². The number of aromatic nitrogens is 2. The minimum absolute atomic E-state index is 0.235. The van der Waals surface area contributed by atoms with Crippen molar-refractivity contribution in [3.8, 4) is 11.1 Å². The highest BCUT2D eigenvalue weighted by Crippen LogP contribution is 2.20. The summed E-state index contributed by atoms with van der Waals surface area (Å²) in [6, 6.07) is 3.94. The molecule has 0 bridgehead atoms. The number of halogens is 2. The molecule has 0 spiro atoms. The van der Waals surface area contributed by atoms with Crippen LogP contribution in [0.25, 0.3) is 11.1 Å². The lowest BCUT2D eigenvalue weighted by molar-refractivity contribution is 0.509. The molecule has 0 unspecified atom stereocenters. The number of anilines is 1. The lowest BCUT2D eigenvalue weighted by atomic mass is 10.1. The summed E-state index contributed by atoms with van der Waals surface area (Å²) in [4.78, 5) is 8.22. The van der Waals surface area contributed by atoms with Crippen LogP contribution in [0.4, 0.5) is 14.7 Å². The molecule has 3 nitrogen and oxygen atoms in total. The Labute approximate surface area is 104 Å². The van der Waals surface area contributed by atoms with Crippen LogP contribution in [0, 0.1) is 11.6 Å². The Morgan fingerprint density at radius 3 is 2.22 bits per heavy atom. The third-order valence-electron chi connectivity index (χ3n) is 2.32. The zero-order valence-electron chi connectivity index (χ0n) is 10.1. The monoisotopic (exact) mass is 249 g/mol. The van der Waals surface area contributed by atoms with Crippen molar-refractivity contribution in [2.45, 2.75) is 19.9 Å². The largest absolute Gasteiger partial charge is 0.352 e. The summed E-state index contributed by atoms with van der Waals surface area (Å²) in [7, 11) is 0. The van der Waals surface area contributed by atoms with Crippen molar-refractivity contribution in [3.63, 3.8) is 0 Å². The molecule has 0 saturated heterocycles. The Morgan fingerprint density at radius 1 is 1.00 bits per heavy atom. The van der Waals surface area contributed by atoms with Gasteiger partial charge in [-0.05, 0) is 31.5 Å². The van der Waals surface area contributed by atoms with E-state index in [9.17, 15) is 8.78 Å². The van der Waals surface area contributed by atoms with Gasteiger partial charge in [0.15, 0.2) is 11.6 Å². The number of nitrogens with zero attached hydrogens (tertiary/aromatic N) is 2. The second kappa shape index (κ2) is 5.08. The van der Waals surface area contributed by atoms with E-state index in [0.29, 0.717) is 17.1 Å². The molecule has 1 aromatic heterocycles. The van der Waals surface area contributed by atoms with Gasteiger partial charge in [0.25, 0.3) is 0 Å². The van der Waals surface area contributed by atoms with Gasteiger partial charge in [-0.1, -0.05) is 6.07 Å². The van der Waals surface area contributed by atoms with E-state index in [4.69, 9.17) is 0 Å². The SMILES string of the molecule is CC(C)Nc1ncc(-c2ccc(F)c(F)c2)cn1. The molecule has 18 heavy (non-hydrogen) atoms. The second-order valence-corrected chi connectivity index (χ2v) is 4.22. The van der Waals surface area contributed by atoms with E-state index < -0.39 is 11.6 Å². The van der Waals surface area contributed by atoms with Gasteiger partial charge in [-0.25, -0.2) is 18.7 Å². The number of rotatable bonds is 3. The predicted molar refractivity (Wildman–Crippen MR) is 66.1 cm³/mol. The van der Waals surface area contributed by atoms with E-state index >= 15 is 0 Å². The van der Waals surface area contributed by atoms with Crippen molar-refractivity contribution in [1.29, 1.82) is 0 Å². The number of hydrogen-bond acceptors (Lipinski definition) is 3. The Bertz CT molecular complexity index is 538. The van der Waals surface area contributed by atoms with Crippen LogP contribution < -0.4 is 5.32 Å². The van der Waals surface area contributed by atoms with Crippen molar-refractivity contribution in [2.75, 3.05) is 5.32 Å². The third-order valence-corrected chi connectivity index (χ3v) is 2.32. The summed E-state index contributed by atoms with van der Waals surface area (Å²) in [5.41, 5.74) is 1.19. The van der Waals surface area contributed by atoms with Gasteiger partial charge in [0.1, 0.15) is 0 Å². The van der Waals surface area contributed by atoms with Crippen molar-refractivity contribution in [3.05, 3.63) is 42.2 Å². The van der Waals surface area contributed by atoms with Gasteiger partial charge >= 0.3 is 0 Å². The average molecular weight is 249 g/mol. The topological polar surface area (TPSA) is 37.8 Å². The molecule has 0 aliphatic carbocycles. The van der Waals surface area contributed by atoms with Gasteiger partial charge < -0.3 is 5.32 Å². The number of benzene rings is 1. The summed E-state index contributed by atoms with van der Waals surface area (Å²) < 4.78 is 25.9. The molecule has 2 aromatic rings. The van der Waals surface area contributed by atoms with Crippen LogP contribution in [-0.4, -0.2) is 16.0 Å². The van der Waals surface area contributed by atoms with Crippen molar-refractivity contribution in [2.24, 2.45) is 0 Å². The fourth-order valence-corrected chi connectivity index (χ4v) is 1.49. The average Bonchev–Trinajstić information content (AvgIpc) is 2.33. The summed E-state index contributed by atoms with van der Waals surface area (Å²) in [5, 5.41) is 3.05. The van der Waals surface area contributed by atoms with Crippen molar-refractivity contribution >= 4 is 5.95 Å². The molecule has 94 valence electrons. The van der Waals surface area contributed by atoms with Gasteiger partial charge in [0.05, 0.1) is 0 Å². The molecule has 0 amide bonds. The van der Waals surface area contributed by atoms with Crippen LogP contribution in [0.2, 0.25) is 0 Å². The Balaban J connectivity index is 2.25. The number of nitrogens with one attached hydrogen (secondary N) is 1. The highest BCUT2D eigenvalue weighted by molar-refractivity contribution is 5.62. The van der Waals surface area contributed by atoms with Crippen LogP contribution in [-0.2, 0) is 0 Å². The molecule has 0 saturated carbocycles. The number of hydrogen-bond donors (Lipinski definition) is 1. The van der Waals surface area contributed by atoms with Crippen LogP contribution >= 0.6 is 0 Å². The first kappa shape index (κ1) is 12.4. The van der Waals surface area contributed by atoms with E-state index in [2.05, 4.69) is 15.3 Å². The molecule has 1 aromatic carbocycles. The van der Waals surface area contributed by atoms with Gasteiger partial charge in [0.2, 0.25) is 5.95 Å². The van der Waals surface area contributed by atoms with Crippen LogP contribution in [0.15, 0.2) is 30.6 Å². The maximum atomic E-state index is 13.1. The fraction of sp³-hybridized carbons (Fsp3) is 0.231. The van der Waals surface area contributed by atoms with E-state index in [-0.39, 0.29) is 6.04 Å². The van der Waals surface area contributed by atoms with Gasteiger partial charge in [-0.3, -0.25) is 0 Å². The predicted octanol–water partition coefficient (Wildman–Crippen LogP) is 3.24. The Kier molecular flexibility index (Phi) is 3.50. The zero-order valence-corrected chi connectivity index (χ0v) is 10.1. The lowest BCUT2D eigenvalue weighted by Crippen LogP contribution is -2.12. The quantitative estimate of drug-likeness (QED) is 0.907. The first-order chi connectivity index (χ1) is 8.56. The van der Waals surface area contributed by atoms with E-state index in [1.165, 1.54) is 6.07 Å². The highest BCUT2D eigenvalue weighted by atomic mass is 19.2. The first-order valence-corrected chi connectivity index (χ1v) is 5.60. The summed E-state index contributed by atoms with van der Waals surface area (Å²) >= 11 is 0. The summed E-state index contributed by atoms with van der Waals surface area (Å²) in [5.74, 6) is -1.23. The van der Waals surface area contributed by atoms with Crippen LogP contribution in [0.3, 0.4) is 0 Å². The molecular weight excluding hydrogens is 236 g/mol. The minimum Gasteiger partial charge on any atom is -0.352 e. The molecule has 1 heterocycles. The molecule has 1 N–H and O–H groups in total. The van der Waals surface area contributed by atoms with Crippen LogP contribution in [0.1, 0.15) is 13.8 Å². The van der Waals surface area contributed by atoms with Crippen LogP contribution in [0.5, 0.6) is 0 Å². The van der Waals surface area contributed by atoms with E-state index in [1.807, 2.05) is 13.8 Å².